The second-order valence-corrected chi connectivity index (χ2v) is 7.20. The Balaban J connectivity index is 1.53. The lowest BCUT2D eigenvalue weighted by molar-refractivity contribution is -0.122. The first-order valence-corrected chi connectivity index (χ1v) is 10.0. The van der Waals surface area contributed by atoms with Gasteiger partial charge in [-0.1, -0.05) is 60.1 Å². The lowest BCUT2D eigenvalue weighted by Crippen LogP contribution is -2.30. The molecule has 0 fully saturated rings. The molecule has 0 bridgehead atoms. The molecule has 3 rings (SSSR count). The van der Waals surface area contributed by atoms with E-state index in [-0.39, 0.29) is 11.8 Å². The molecule has 0 aromatic heterocycles. The molecule has 0 spiro atoms. The van der Waals surface area contributed by atoms with Gasteiger partial charge in [0.05, 0.1) is 5.02 Å². The predicted molar refractivity (Wildman–Crippen MR) is 120 cm³/mol. The summed E-state index contributed by atoms with van der Waals surface area (Å²) in [6.45, 7) is 1.65. The quantitative estimate of drug-likeness (QED) is 0.516. The number of benzene rings is 3. The Kier molecular flexibility index (Phi) is 7.46. The number of carbonyl (C=O) groups is 2. The third-order valence-corrected chi connectivity index (χ3v) is 4.72. The summed E-state index contributed by atoms with van der Waals surface area (Å²) >= 11 is 6.07. The largest absolute Gasteiger partial charge is 0.479 e. The van der Waals surface area contributed by atoms with E-state index in [2.05, 4.69) is 10.6 Å². The van der Waals surface area contributed by atoms with E-state index in [0.717, 1.165) is 5.56 Å². The zero-order valence-corrected chi connectivity index (χ0v) is 17.4. The molecule has 0 aliphatic heterocycles. The zero-order chi connectivity index (χ0) is 21.3. The standard InChI is InChI=1S/C24H23ClN2O3/c1-17(30-22-13-6-5-12-21(22)25)24(29)27-20-11-7-10-19(16-20)26-23(28)15-14-18-8-3-2-4-9-18/h2-13,16-17H,14-15H2,1H3,(H,26,28)(H,27,29). The number of anilines is 2. The molecule has 3 aromatic carbocycles. The molecular formula is C24H23ClN2O3. The van der Waals surface area contributed by atoms with Gasteiger partial charge in [-0.3, -0.25) is 9.59 Å². The van der Waals surface area contributed by atoms with Crippen molar-refractivity contribution >= 4 is 34.8 Å². The van der Waals surface area contributed by atoms with Crippen molar-refractivity contribution < 1.29 is 14.3 Å². The van der Waals surface area contributed by atoms with Crippen molar-refractivity contribution in [3.05, 3.63) is 89.4 Å². The van der Waals surface area contributed by atoms with Gasteiger partial charge >= 0.3 is 0 Å². The molecule has 1 unspecified atom stereocenters. The number of carbonyl (C=O) groups excluding carboxylic acids is 2. The van der Waals surface area contributed by atoms with Gasteiger partial charge in [-0.05, 0) is 49.2 Å². The van der Waals surface area contributed by atoms with E-state index in [4.69, 9.17) is 16.3 Å². The number of halogens is 1. The Morgan fingerprint density at radius 2 is 1.57 bits per heavy atom. The molecule has 0 saturated heterocycles. The second kappa shape index (κ2) is 10.5. The normalized spacial score (nSPS) is 11.4. The van der Waals surface area contributed by atoms with Gasteiger partial charge in [0.15, 0.2) is 6.10 Å². The summed E-state index contributed by atoms with van der Waals surface area (Å²) in [5.74, 6) is 0.0430. The molecule has 2 N–H and O–H groups in total. The summed E-state index contributed by atoms with van der Waals surface area (Å²) < 4.78 is 5.63. The van der Waals surface area contributed by atoms with Gasteiger partial charge in [0.1, 0.15) is 5.75 Å². The zero-order valence-electron chi connectivity index (χ0n) is 16.6. The van der Waals surface area contributed by atoms with Gasteiger partial charge in [-0.15, -0.1) is 0 Å². The number of hydrogen-bond acceptors (Lipinski definition) is 3. The highest BCUT2D eigenvalue weighted by Crippen LogP contribution is 2.24. The van der Waals surface area contributed by atoms with Gasteiger partial charge < -0.3 is 15.4 Å². The molecule has 5 nitrogen and oxygen atoms in total. The molecule has 3 aromatic rings. The predicted octanol–water partition coefficient (Wildman–Crippen LogP) is 5.32. The van der Waals surface area contributed by atoms with E-state index >= 15 is 0 Å². The summed E-state index contributed by atoms with van der Waals surface area (Å²) in [4.78, 5) is 24.7. The number of rotatable bonds is 8. The average Bonchev–Trinajstić information content (AvgIpc) is 2.75. The second-order valence-electron chi connectivity index (χ2n) is 6.79. The van der Waals surface area contributed by atoms with Gasteiger partial charge in [-0.25, -0.2) is 0 Å². The fourth-order valence-electron chi connectivity index (χ4n) is 2.83. The van der Waals surface area contributed by atoms with Crippen LogP contribution in [-0.4, -0.2) is 17.9 Å². The van der Waals surface area contributed by atoms with E-state index < -0.39 is 6.10 Å². The van der Waals surface area contributed by atoms with Crippen LogP contribution in [0.1, 0.15) is 18.9 Å². The third-order valence-electron chi connectivity index (χ3n) is 4.41. The van der Waals surface area contributed by atoms with Gasteiger partial charge in [0.25, 0.3) is 5.91 Å². The first kappa shape index (κ1) is 21.4. The fraction of sp³-hybridized carbons (Fsp3) is 0.167. The summed E-state index contributed by atoms with van der Waals surface area (Å²) in [6, 6.07) is 23.8. The number of amides is 2. The van der Waals surface area contributed by atoms with Crippen LogP contribution >= 0.6 is 11.6 Å². The van der Waals surface area contributed by atoms with Gasteiger partial charge in [0, 0.05) is 17.8 Å². The maximum atomic E-state index is 12.5. The van der Waals surface area contributed by atoms with Crippen LogP contribution in [0.15, 0.2) is 78.9 Å². The smallest absolute Gasteiger partial charge is 0.265 e. The minimum absolute atomic E-state index is 0.0854. The van der Waals surface area contributed by atoms with Crippen molar-refractivity contribution in [2.75, 3.05) is 10.6 Å². The number of ether oxygens (including phenoxy) is 1. The average molecular weight is 423 g/mol. The van der Waals surface area contributed by atoms with Crippen LogP contribution in [0.4, 0.5) is 11.4 Å². The van der Waals surface area contributed by atoms with E-state index in [0.29, 0.717) is 35.0 Å². The number of para-hydroxylation sites is 1. The lowest BCUT2D eigenvalue weighted by atomic mass is 10.1. The monoisotopic (exact) mass is 422 g/mol. The Hall–Kier alpha value is -3.31. The van der Waals surface area contributed by atoms with Crippen LogP contribution in [-0.2, 0) is 16.0 Å². The highest BCUT2D eigenvalue weighted by molar-refractivity contribution is 6.32. The maximum absolute atomic E-state index is 12.5. The Bertz CT molecular complexity index is 1010. The van der Waals surface area contributed by atoms with Gasteiger partial charge in [0.2, 0.25) is 5.91 Å². The molecule has 1 atom stereocenters. The molecule has 154 valence electrons. The third kappa shape index (κ3) is 6.36. The minimum atomic E-state index is -0.742. The first-order chi connectivity index (χ1) is 14.5. The highest BCUT2D eigenvalue weighted by Gasteiger charge is 2.16. The molecular weight excluding hydrogens is 400 g/mol. The molecule has 0 aliphatic carbocycles. The molecule has 0 aliphatic rings. The molecule has 2 amide bonds. The number of hydrogen-bond donors (Lipinski definition) is 2. The summed E-state index contributed by atoms with van der Waals surface area (Å²) in [5.41, 5.74) is 2.29. The van der Waals surface area contributed by atoms with Crippen LogP contribution in [0, 0.1) is 0 Å². The Morgan fingerprint density at radius 1 is 0.900 bits per heavy atom. The van der Waals surface area contributed by atoms with E-state index in [1.54, 1.807) is 55.5 Å². The summed E-state index contributed by atoms with van der Waals surface area (Å²) in [5, 5.41) is 6.10. The molecule has 6 heteroatoms. The van der Waals surface area contributed by atoms with Crippen LogP contribution in [0.3, 0.4) is 0 Å². The number of nitrogens with one attached hydrogen (secondary N) is 2. The minimum Gasteiger partial charge on any atom is -0.479 e. The molecule has 0 radical (unpaired) electrons. The van der Waals surface area contributed by atoms with Crippen molar-refractivity contribution in [2.24, 2.45) is 0 Å². The Labute approximate surface area is 181 Å². The topological polar surface area (TPSA) is 67.4 Å². The van der Waals surface area contributed by atoms with Crippen LogP contribution in [0.2, 0.25) is 5.02 Å². The van der Waals surface area contributed by atoms with E-state index in [9.17, 15) is 9.59 Å². The van der Waals surface area contributed by atoms with Gasteiger partial charge in [-0.2, -0.15) is 0 Å². The van der Waals surface area contributed by atoms with E-state index in [1.807, 2.05) is 30.3 Å². The highest BCUT2D eigenvalue weighted by atomic mass is 35.5. The van der Waals surface area contributed by atoms with Crippen LogP contribution < -0.4 is 15.4 Å². The van der Waals surface area contributed by atoms with Crippen molar-refractivity contribution in [3.63, 3.8) is 0 Å². The summed E-state index contributed by atoms with van der Waals surface area (Å²) in [6.07, 6.45) is 0.303. The summed E-state index contributed by atoms with van der Waals surface area (Å²) in [7, 11) is 0. The fourth-order valence-corrected chi connectivity index (χ4v) is 3.01. The van der Waals surface area contributed by atoms with Crippen molar-refractivity contribution in [1.82, 2.24) is 0 Å². The van der Waals surface area contributed by atoms with Crippen molar-refractivity contribution in [1.29, 1.82) is 0 Å². The van der Waals surface area contributed by atoms with Crippen molar-refractivity contribution in [3.8, 4) is 5.75 Å². The first-order valence-electron chi connectivity index (χ1n) is 9.67. The van der Waals surface area contributed by atoms with Crippen LogP contribution in [0.25, 0.3) is 0 Å². The molecule has 30 heavy (non-hydrogen) atoms. The van der Waals surface area contributed by atoms with Crippen molar-refractivity contribution in [2.45, 2.75) is 25.9 Å². The maximum Gasteiger partial charge on any atom is 0.265 e. The number of aryl methyl sites for hydroxylation is 1. The molecule has 0 saturated carbocycles. The Morgan fingerprint density at radius 3 is 2.30 bits per heavy atom. The molecule has 0 heterocycles. The SMILES string of the molecule is CC(Oc1ccccc1Cl)C(=O)Nc1cccc(NC(=O)CCc2ccccc2)c1. The van der Waals surface area contributed by atoms with E-state index in [1.165, 1.54) is 0 Å². The lowest BCUT2D eigenvalue weighted by Gasteiger charge is -2.16. The van der Waals surface area contributed by atoms with Crippen LogP contribution in [0.5, 0.6) is 5.75 Å².